The predicted molar refractivity (Wildman–Crippen MR) is 66.4 cm³/mol. The monoisotopic (exact) mass is 269 g/mol. The highest BCUT2D eigenvalue weighted by Crippen LogP contribution is 2.30. The molecule has 19 heavy (non-hydrogen) atoms. The molecule has 1 N–H and O–H groups in total. The highest BCUT2D eigenvalue weighted by Gasteiger charge is 2.34. The van der Waals surface area contributed by atoms with Gasteiger partial charge in [-0.1, -0.05) is 24.3 Å². The van der Waals surface area contributed by atoms with Crippen molar-refractivity contribution in [2.24, 2.45) is 7.05 Å². The van der Waals surface area contributed by atoms with Crippen molar-refractivity contribution in [1.82, 2.24) is 14.9 Å². The second kappa shape index (κ2) is 5.05. The molecule has 0 bridgehead atoms. The van der Waals surface area contributed by atoms with Crippen LogP contribution < -0.4 is 5.32 Å². The van der Waals surface area contributed by atoms with Crippen LogP contribution in [0.25, 0.3) is 11.4 Å². The Bertz CT molecular complexity index is 556. The molecule has 0 fully saturated rings. The third-order valence-electron chi connectivity index (χ3n) is 2.76. The Morgan fingerprint density at radius 1 is 1.21 bits per heavy atom. The maximum Gasteiger partial charge on any atom is 0.434 e. The fraction of sp³-hybridized carbons (Fsp3) is 0.308. The molecule has 1 aromatic carbocycles. The van der Waals surface area contributed by atoms with Gasteiger partial charge in [0.25, 0.3) is 0 Å². The summed E-state index contributed by atoms with van der Waals surface area (Å²) in [5, 5.41) is 3.01. The third-order valence-corrected chi connectivity index (χ3v) is 2.76. The molecule has 0 saturated carbocycles. The van der Waals surface area contributed by atoms with Crippen LogP contribution in [0.2, 0.25) is 0 Å². The van der Waals surface area contributed by atoms with Crippen LogP contribution in [-0.2, 0) is 19.8 Å². The Kier molecular flexibility index (Phi) is 3.61. The summed E-state index contributed by atoms with van der Waals surface area (Å²) in [5.74, 6) is 0.309. The number of hydrogen-bond acceptors (Lipinski definition) is 2. The van der Waals surface area contributed by atoms with Crippen molar-refractivity contribution in [1.29, 1.82) is 0 Å². The predicted octanol–water partition coefficient (Wildman–Crippen LogP) is 2.83. The van der Waals surface area contributed by atoms with E-state index in [0.29, 0.717) is 17.9 Å². The molecule has 0 amide bonds. The van der Waals surface area contributed by atoms with Crippen LogP contribution in [0.5, 0.6) is 0 Å². The molecular formula is C13H14F3N3. The van der Waals surface area contributed by atoms with Gasteiger partial charge in [-0.05, 0) is 12.6 Å². The summed E-state index contributed by atoms with van der Waals surface area (Å²) < 4.78 is 39.1. The summed E-state index contributed by atoms with van der Waals surface area (Å²) in [7, 11) is 3.39. The van der Waals surface area contributed by atoms with Crippen molar-refractivity contribution in [3.8, 4) is 11.4 Å². The normalized spacial score (nSPS) is 11.8. The van der Waals surface area contributed by atoms with Crippen molar-refractivity contribution in [2.75, 3.05) is 7.05 Å². The van der Waals surface area contributed by atoms with Gasteiger partial charge in [0.1, 0.15) is 5.82 Å². The van der Waals surface area contributed by atoms with Crippen molar-refractivity contribution in [2.45, 2.75) is 12.7 Å². The summed E-state index contributed by atoms with van der Waals surface area (Å²) in [6.45, 7) is 0.717. The van der Waals surface area contributed by atoms with Crippen LogP contribution in [0.4, 0.5) is 13.2 Å². The largest absolute Gasteiger partial charge is 0.434 e. The molecule has 0 saturated heterocycles. The smallest absolute Gasteiger partial charge is 0.333 e. The van der Waals surface area contributed by atoms with Gasteiger partial charge in [0, 0.05) is 25.4 Å². The van der Waals surface area contributed by atoms with E-state index in [0.717, 1.165) is 11.8 Å². The number of hydrogen-bond donors (Lipinski definition) is 1. The first-order valence-corrected chi connectivity index (χ1v) is 5.76. The fourth-order valence-electron chi connectivity index (χ4n) is 1.85. The summed E-state index contributed by atoms with van der Waals surface area (Å²) in [6, 6.07) is 7.28. The Labute approximate surface area is 109 Å². The minimum Gasteiger partial charge on any atom is -0.333 e. The average Bonchev–Trinajstić information content (AvgIpc) is 2.73. The average molecular weight is 269 g/mol. The quantitative estimate of drug-likeness (QED) is 0.928. The second-order valence-electron chi connectivity index (χ2n) is 4.29. The lowest BCUT2D eigenvalue weighted by atomic mass is 10.1. The number of nitrogens with one attached hydrogen (secondary N) is 1. The maximum absolute atomic E-state index is 12.6. The summed E-state index contributed by atoms with van der Waals surface area (Å²) in [4.78, 5) is 3.65. The van der Waals surface area contributed by atoms with Crippen LogP contribution in [0.1, 0.15) is 11.3 Å². The molecule has 102 valence electrons. The molecule has 0 aliphatic rings. The van der Waals surface area contributed by atoms with E-state index < -0.39 is 11.9 Å². The number of nitrogens with zero attached hydrogens (tertiary/aromatic N) is 2. The molecule has 0 atom stereocenters. The van der Waals surface area contributed by atoms with Crippen molar-refractivity contribution >= 4 is 0 Å². The van der Waals surface area contributed by atoms with Gasteiger partial charge in [0.15, 0.2) is 5.69 Å². The number of halogens is 3. The highest BCUT2D eigenvalue weighted by atomic mass is 19.4. The van der Waals surface area contributed by atoms with Crippen molar-refractivity contribution in [3.05, 3.63) is 41.7 Å². The van der Waals surface area contributed by atoms with E-state index in [1.54, 1.807) is 19.2 Å². The lowest BCUT2D eigenvalue weighted by Crippen LogP contribution is -2.05. The molecule has 0 radical (unpaired) electrons. The van der Waals surface area contributed by atoms with E-state index in [-0.39, 0.29) is 0 Å². The molecule has 1 heterocycles. The number of imidazole rings is 1. The zero-order valence-electron chi connectivity index (χ0n) is 10.6. The number of rotatable bonds is 3. The van der Waals surface area contributed by atoms with E-state index in [1.165, 1.54) is 4.57 Å². The molecular weight excluding hydrogens is 255 g/mol. The first-order valence-electron chi connectivity index (χ1n) is 5.76. The van der Waals surface area contributed by atoms with E-state index >= 15 is 0 Å². The topological polar surface area (TPSA) is 29.9 Å². The van der Waals surface area contributed by atoms with Gasteiger partial charge in [-0.25, -0.2) is 4.98 Å². The fourth-order valence-corrected chi connectivity index (χ4v) is 1.85. The minimum atomic E-state index is -4.41. The third kappa shape index (κ3) is 2.96. The van der Waals surface area contributed by atoms with E-state index in [9.17, 15) is 13.2 Å². The van der Waals surface area contributed by atoms with Crippen LogP contribution in [-0.4, -0.2) is 16.6 Å². The first-order chi connectivity index (χ1) is 8.91. The van der Waals surface area contributed by atoms with Gasteiger partial charge >= 0.3 is 6.18 Å². The maximum atomic E-state index is 12.6. The van der Waals surface area contributed by atoms with Gasteiger partial charge in [-0.2, -0.15) is 13.2 Å². The molecule has 1 aromatic heterocycles. The van der Waals surface area contributed by atoms with Gasteiger partial charge in [0.05, 0.1) is 0 Å². The molecule has 2 aromatic rings. The first kappa shape index (κ1) is 13.6. The molecule has 3 nitrogen and oxygen atoms in total. The van der Waals surface area contributed by atoms with Crippen molar-refractivity contribution in [3.63, 3.8) is 0 Å². The number of benzene rings is 1. The molecule has 0 aliphatic carbocycles. The van der Waals surface area contributed by atoms with E-state index in [4.69, 9.17) is 0 Å². The summed E-state index contributed by atoms with van der Waals surface area (Å²) in [6.07, 6.45) is -3.42. The second-order valence-corrected chi connectivity index (χ2v) is 4.29. The Morgan fingerprint density at radius 3 is 2.32 bits per heavy atom. The minimum absolute atomic E-state index is 0.309. The molecule has 6 heteroatoms. The molecule has 0 spiro atoms. The SMILES string of the molecule is CNCc1ccc(-c2nc(C(F)(F)F)cn2C)cc1. The lowest BCUT2D eigenvalue weighted by Gasteiger charge is -2.04. The highest BCUT2D eigenvalue weighted by molar-refractivity contribution is 5.56. The van der Waals surface area contributed by atoms with Gasteiger partial charge in [-0.3, -0.25) is 0 Å². The number of alkyl halides is 3. The summed E-state index contributed by atoms with van der Waals surface area (Å²) >= 11 is 0. The number of aromatic nitrogens is 2. The Balaban J connectivity index is 2.34. The molecule has 0 unspecified atom stereocenters. The number of aryl methyl sites for hydroxylation is 1. The van der Waals surface area contributed by atoms with Gasteiger partial charge < -0.3 is 9.88 Å². The zero-order chi connectivity index (χ0) is 14.0. The Morgan fingerprint density at radius 2 is 1.84 bits per heavy atom. The van der Waals surface area contributed by atoms with Gasteiger partial charge in [0.2, 0.25) is 0 Å². The van der Waals surface area contributed by atoms with Crippen molar-refractivity contribution < 1.29 is 13.2 Å². The van der Waals surface area contributed by atoms with Gasteiger partial charge in [-0.15, -0.1) is 0 Å². The molecule has 2 rings (SSSR count). The van der Waals surface area contributed by atoms with E-state index in [1.807, 2.05) is 19.2 Å². The van der Waals surface area contributed by atoms with Crippen LogP contribution in [0.3, 0.4) is 0 Å². The van der Waals surface area contributed by atoms with E-state index in [2.05, 4.69) is 10.3 Å². The molecule has 0 aliphatic heterocycles. The van der Waals surface area contributed by atoms with Crippen LogP contribution in [0, 0.1) is 0 Å². The summed E-state index contributed by atoms with van der Waals surface area (Å²) in [5.41, 5.74) is 0.860. The van der Waals surface area contributed by atoms with Crippen LogP contribution >= 0.6 is 0 Å². The zero-order valence-corrected chi connectivity index (χ0v) is 10.6. The standard InChI is InChI=1S/C13H14F3N3/c1-17-7-9-3-5-10(6-4-9)12-18-11(8-19(12)2)13(14,15)16/h3-6,8,17H,7H2,1-2H3. The van der Waals surface area contributed by atoms with Crippen LogP contribution in [0.15, 0.2) is 30.5 Å². The Hall–Kier alpha value is -1.82. The lowest BCUT2D eigenvalue weighted by molar-refractivity contribution is -0.140.